The molecule has 3 aromatic rings. The van der Waals surface area contributed by atoms with Crippen molar-refractivity contribution in [2.24, 2.45) is 0 Å². The molecule has 1 fully saturated rings. The summed E-state index contributed by atoms with van der Waals surface area (Å²) < 4.78 is 0. The fraction of sp³-hybridized carbons (Fsp3) is 0.346. The van der Waals surface area contributed by atoms with Gasteiger partial charge >= 0.3 is 0 Å². The number of nitrogens with one attached hydrogen (secondary N) is 2. The van der Waals surface area contributed by atoms with Crippen LogP contribution in [0.5, 0.6) is 0 Å². The van der Waals surface area contributed by atoms with Gasteiger partial charge in [-0.05, 0) is 49.2 Å². The number of rotatable bonds is 8. The number of hydrogen-bond donors (Lipinski definition) is 2. The highest BCUT2D eigenvalue weighted by molar-refractivity contribution is 7.14. The summed E-state index contributed by atoms with van der Waals surface area (Å²) in [6, 6.07) is 17.5. The molecule has 33 heavy (non-hydrogen) atoms. The summed E-state index contributed by atoms with van der Waals surface area (Å²) in [4.78, 5) is 31.6. The van der Waals surface area contributed by atoms with Crippen LogP contribution in [-0.4, -0.2) is 34.8 Å². The summed E-state index contributed by atoms with van der Waals surface area (Å²) in [7, 11) is 0. The zero-order valence-corrected chi connectivity index (χ0v) is 19.6. The number of likely N-dealkylation sites (tertiary alicyclic amines) is 1. The standard InChI is InChI=1S/C26H30N4O2S/c31-24(16-23-19-33-26(28-23)29-25(32)22-11-4-3-5-12-22)27-17-20-9-8-10-21(15-20)18-30-13-6-1-2-7-14-30/h3-5,8-12,15,19H,1-2,6-7,13-14,16-18H2,(H,27,31)(H,28,29,32). The maximum Gasteiger partial charge on any atom is 0.257 e. The third-order valence-electron chi connectivity index (χ3n) is 5.74. The second-order valence-corrected chi connectivity index (χ2v) is 9.29. The Labute approximate surface area is 199 Å². The van der Waals surface area contributed by atoms with Crippen LogP contribution in [0.3, 0.4) is 0 Å². The number of thiazole rings is 1. The smallest absolute Gasteiger partial charge is 0.257 e. The van der Waals surface area contributed by atoms with Crippen molar-refractivity contribution < 1.29 is 9.59 Å². The monoisotopic (exact) mass is 462 g/mol. The lowest BCUT2D eigenvalue weighted by Gasteiger charge is -2.20. The average Bonchev–Trinajstić information content (AvgIpc) is 3.10. The number of amides is 2. The van der Waals surface area contributed by atoms with E-state index in [2.05, 4.69) is 38.7 Å². The summed E-state index contributed by atoms with van der Waals surface area (Å²) in [6.45, 7) is 3.80. The molecule has 1 aliphatic heterocycles. The average molecular weight is 463 g/mol. The van der Waals surface area contributed by atoms with Crippen LogP contribution in [0.2, 0.25) is 0 Å². The van der Waals surface area contributed by atoms with Crippen molar-refractivity contribution in [2.75, 3.05) is 18.4 Å². The Morgan fingerprint density at radius 1 is 0.939 bits per heavy atom. The van der Waals surface area contributed by atoms with Crippen molar-refractivity contribution in [3.05, 3.63) is 82.4 Å². The number of benzene rings is 2. The zero-order valence-electron chi connectivity index (χ0n) is 18.8. The van der Waals surface area contributed by atoms with Crippen LogP contribution in [0.25, 0.3) is 0 Å². The van der Waals surface area contributed by atoms with Gasteiger partial charge in [-0.15, -0.1) is 11.3 Å². The van der Waals surface area contributed by atoms with Gasteiger partial charge in [-0.3, -0.25) is 19.8 Å². The number of nitrogens with zero attached hydrogens (tertiary/aromatic N) is 2. The van der Waals surface area contributed by atoms with Crippen molar-refractivity contribution in [2.45, 2.75) is 45.2 Å². The Bertz CT molecular complexity index is 1060. The molecule has 4 rings (SSSR count). The number of carbonyl (C=O) groups excluding carboxylic acids is 2. The van der Waals surface area contributed by atoms with Gasteiger partial charge in [0.2, 0.25) is 5.91 Å². The van der Waals surface area contributed by atoms with Crippen LogP contribution < -0.4 is 10.6 Å². The van der Waals surface area contributed by atoms with Gasteiger partial charge in [0.05, 0.1) is 12.1 Å². The lowest BCUT2D eigenvalue weighted by Crippen LogP contribution is -2.25. The quantitative estimate of drug-likeness (QED) is 0.512. The SMILES string of the molecule is O=C(Cc1csc(NC(=O)c2ccccc2)n1)NCc1cccc(CN2CCCCCC2)c1. The maximum absolute atomic E-state index is 12.4. The largest absolute Gasteiger partial charge is 0.352 e. The minimum absolute atomic E-state index is 0.0841. The molecule has 0 atom stereocenters. The van der Waals surface area contributed by atoms with E-state index in [-0.39, 0.29) is 18.2 Å². The van der Waals surface area contributed by atoms with Crippen molar-refractivity contribution in [3.8, 4) is 0 Å². The third kappa shape index (κ3) is 7.23. The van der Waals surface area contributed by atoms with Gasteiger partial charge in [0.1, 0.15) is 0 Å². The summed E-state index contributed by atoms with van der Waals surface area (Å²) in [5, 5.41) is 8.08. The number of aromatic nitrogens is 1. The van der Waals surface area contributed by atoms with E-state index in [0.717, 1.165) is 12.1 Å². The van der Waals surface area contributed by atoms with Crippen LogP contribution in [0.1, 0.15) is 52.9 Å². The molecule has 0 spiro atoms. The van der Waals surface area contributed by atoms with Crippen LogP contribution in [0.4, 0.5) is 5.13 Å². The fourth-order valence-electron chi connectivity index (χ4n) is 4.02. The van der Waals surface area contributed by atoms with Crippen molar-refractivity contribution in [3.63, 3.8) is 0 Å². The highest BCUT2D eigenvalue weighted by atomic mass is 32.1. The molecule has 172 valence electrons. The number of hydrogen-bond acceptors (Lipinski definition) is 5. The Balaban J connectivity index is 1.24. The molecule has 2 N–H and O–H groups in total. The minimum atomic E-state index is -0.207. The molecule has 0 saturated carbocycles. The van der Waals surface area contributed by atoms with E-state index in [1.54, 1.807) is 12.1 Å². The molecule has 7 heteroatoms. The van der Waals surface area contributed by atoms with Crippen molar-refractivity contribution in [1.82, 2.24) is 15.2 Å². The molecule has 0 radical (unpaired) electrons. The predicted octanol–water partition coefficient (Wildman–Crippen LogP) is 4.63. The first kappa shape index (κ1) is 23.1. The Morgan fingerprint density at radius 3 is 2.48 bits per heavy atom. The van der Waals surface area contributed by atoms with Crippen LogP contribution >= 0.6 is 11.3 Å². The molecule has 0 bridgehead atoms. The van der Waals surface area contributed by atoms with Crippen molar-refractivity contribution >= 4 is 28.3 Å². The molecule has 0 unspecified atom stereocenters. The summed E-state index contributed by atoms with van der Waals surface area (Å²) in [5.41, 5.74) is 3.62. The van der Waals surface area contributed by atoms with Gasteiger partial charge in [-0.2, -0.15) is 0 Å². The molecule has 2 aromatic carbocycles. The van der Waals surface area contributed by atoms with Gasteiger partial charge in [0.25, 0.3) is 5.91 Å². The first-order valence-electron chi connectivity index (χ1n) is 11.5. The molecule has 6 nitrogen and oxygen atoms in total. The second kappa shape index (κ2) is 11.7. The fourth-order valence-corrected chi connectivity index (χ4v) is 4.73. The molecule has 2 heterocycles. The highest BCUT2D eigenvalue weighted by Crippen LogP contribution is 2.17. The third-order valence-corrected chi connectivity index (χ3v) is 6.54. The molecule has 1 aliphatic rings. The van der Waals surface area contributed by atoms with Gasteiger partial charge < -0.3 is 5.32 Å². The van der Waals surface area contributed by atoms with E-state index in [1.165, 1.54) is 55.7 Å². The first-order valence-corrected chi connectivity index (χ1v) is 12.4. The minimum Gasteiger partial charge on any atom is -0.352 e. The second-order valence-electron chi connectivity index (χ2n) is 8.43. The molecular weight excluding hydrogens is 432 g/mol. The maximum atomic E-state index is 12.4. The summed E-state index contributed by atoms with van der Waals surface area (Å²) >= 11 is 1.32. The van der Waals surface area contributed by atoms with E-state index in [9.17, 15) is 9.59 Å². The number of carbonyl (C=O) groups is 2. The summed E-state index contributed by atoms with van der Waals surface area (Å²) in [5.74, 6) is -0.292. The first-order chi connectivity index (χ1) is 16.2. The van der Waals surface area contributed by atoms with E-state index in [4.69, 9.17) is 0 Å². The molecule has 1 aromatic heterocycles. The highest BCUT2D eigenvalue weighted by Gasteiger charge is 2.12. The van der Waals surface area contributed by atoms with E-state index < -0.39 is 0 Å². The van der Waals surface area contributed by atoms with Crippen LogP contribution in [0, 0.1) is 0 Å². The van der Waals surface area contributed by atoms with Crippen molar-refractivity contribution in [1.29, 1.82) is 0 Å². The topological polar surface area (TPSA) is 74.3 Å². The summed E-state index contributed by atoms with van der Waals surface area (Å²) in [6.07, 6.45) is 5.42. The lowest BCUT2D eigenvalue weighted by atomic mass is 10.1. The molecule has 1 saturated heterocycles. The molecule has 0 aliphatic carbocycles. The Morgan fingerprint density at radius 2 is 1.70 bits per heavy atom. The van der Waals surface area contributed by atoms with Crippen LogP contribution in [0.15, 0.2) is 60.0 Å². The molecular formula is C26H30N4O2S. The normalized spacial score (nSPS) is 14.4. The van der Waals surface area contributed by atoms with E-state index in [1.807, 2.05) is 29.6 Å². The van der Waals surface area contributed by atoms with Gasteiger partial charge in [0, 0.05) is 24.0 Å². The number of anilines is 1. The van der Waals surface area contributed by atoms with Gasteiger partial charge in [0.15, 0.2) is 5.13 Å². The Kier molecular flexibility index (Phi) is 8.22. The molecule has 2 amide bonds. The Hall–Kier alpha value is -3.03. The van der Waals surface area contributed by atoms with Crippen LogP contribution in [-0.2, 0) is 24.3 Å². The van der Waals surface area contributed by atoms with Gasteiger partial charge in [-0.1, -0.05) is 55.3 Å². The van der Waals surface area contributed by atoms with E-state index in [0.29, 0.717) is 22.9 Å². The lowest BCUT2D eigenvalue weighted by molar-refractivity contribution is -0.120. The predicted molar refractivity (Wildman–Crippen MR) is 132 cm³/mol. The zero-order chi connectivity index (χ0) is 22.9. The van der Waals surface area contributed by atoms with E-state index >= 15 is 0 Å². The van der Waals surface area contributed by atoms with Gasteiger partial charge in [-0.25, -0.2) is 4.98 Å².